The molecule has 15 nitrogen and oxygen atoms in total. The van der Waals surface area contributed by atoms with Crippen molar-refractivity contribution in [3.63, 3.8) is 0 Å². The third kappa shape index (κ3) is 3.65. The molecule has 1 atom stereocenters. The number of carbonyl (C=O) groups is 1. The van der Waals surface area contributed by atoms with Crippen LogP contribution in [0.2, 0.25) is 0 Å². The number of nitro benzene ring substituents is 4. The molecule has 0 fully saturated rings. The van der Waals surface area contributed by atoms with E-state index in [4.69, 9.17) is 4.84 Å². The highest BCUT2D eigenvalue weighted by atomic mass is 16.7. The lowest BCUT2D eigenvalue weighted by molar-refractivity contribution is -0.395. The van der Waals surface area contributed by atoms with Gasteiger partial charge in [-0.15, -0.1) is 0 Å². The maximum atomic E-state index is 11.6. The van der Waals surface area contributed by atoms with Gasteiger partial charge in [-0.1, -0.05) is 0 Å². The molecular formula is C16H11N5O10. The molecule has 0 heterocycles. The van der Waals surface area contributed by atoms with Gasteiger partial charge < -0.3 is 4.79 Å². The molecule has 1 unspecified atom stereocenters. The summed E-state index contributed by atoms with van der Waals surface area (Å²) in [6.45, 7) is 1.34. The standard InChI is InChI=1S/C16H11N5O10/c1-7(6-22)31-17-16-10-2-8(18(23)24)4-12(20(27)28)14(10)15-11(16)3-9(19(25)26)5-13(15)21(29)30/h2-7,16-17H,1H3. The Morgan fingerprint density at radius 1 is 0.839 bits per heavy atom. The second kappa shape index (κ2) is 7.81. The second-order valence-corrected chi connectivity index (χ2v) is 6.40. The summed E-state index contributed by atoms with van der Waals surface area (Å²) in [5.41, 5.74) is -1.46. The van der Waals surface area contributed by atoms with E-state index in [0.717, 1.165) is 12.1 Å². The number of aldehydes is 1. The normalized spacial score (nSPS) is 13.2. The maximum Gasteiger partial charge on any atom is 0.284 e. The van der Waals surface area contributed by atoms with Crippen molar-refractivity contribution < 1.29 is 29.3 Å². The van der Waals surface area contributed by atoms with Crippen molar-refractivity contribution in [1.82, 2.24) is 5.48 Å². The van der Waals surface area contributed by atoms with E-state index in [1.54, 1.807) is 0 Å². The zero-order chi connectivity index (χ0) is 23.0. The van der Waals surface area contributed by atoms with E-state index in [9.17, 15) is 45.3 Å². The van der Waals surface area contributed by atoms with Gasteiger partial charge in [0.15, 0.2) is 6.29 Å². The fraction of sp³-hybridized carbons (Fsp3) is 0.188. The van der Waals surface area contributed by atoms with E-state index in [1.807, 2.05) is 0 Å². The van der Waals surface area contributed by atoms with E-state index in [2.05, 4.69) is 5.48 Å². The smallest absolute Gasteiger partial charge is 0.284 e. The van der Waals surface area contributed by atoms with Crippen molar-refractivity contribution >= 4 is 29.0 Å². The minimum atomic E-state index is -1.30. The summed E-state index contributed by atoms with van der Waals surface area (Å²) in [5.74, 6) is 0. The number of fused-ring (bicyclic) bond motifs is 3. The maximum absolute atomic E-state index is 11.6. The van der Waals surface area contributed by atoms with Gasteiger partial charge in [-0.3, -0.25) is 45.3 Å². The van der Waals surface area contributed by atoms with E-state index < -0.39 is 54.6 Å². The molecule has 3 rings (SSSR count). The Morgan fingerprint density at radius 3 is 1.58 bits per heavy atom. The molecule has 2 aromatic carbocycles. The fourth-order valence-corrected chi connectivity index (χ4v) is 3.26. The molecule has 1 aliphatic carbocycles. The van der Waals surface area contributed by atoms with Crippen LogP contribution in [0.25, 0.3) is 11.1 Å². The summed E-state index contributed by atoms with van der Waals surface area (Å²) in [6.07, 6.45) is -0.634. The highest BCUT2D eigenvalue weighted by Crippen LogP contribution is 2.53. The first-order chi connectivity index (χ1) is 14.6. The summed E-state index contributed by atoms with van der Waals surface area (Å²) in [6, 6.07) is 1.88. The first-order valence-corrected chi connectivity index (χ1v) is 8.37. The lowest BCUT2D eigenvalue weighted by atomic mass is 10.0. The average molecular weight is 433 g/mol. The highest BCUT2D eigenvalue weighted by Gasteiger charge is 2.43. The predicted octanol–water partition coefficient (Wildman–Crippen LogP) is 2.50. The molecule has 0 radical (unpaired) electrons. The third-order valence-electron chi connectivity index (χ3n) is 4.52. The number of rotatable bonds is 8. The summed E-state index contributed by atoms with van der Waals surface area (Å²) in [5, 5.41) is 45.8. The van der Waals surface area contributed by atoms with Crippen LogP contribution in [0.1, 0.15) is 24.1 Å². The van der Waals surface area contributed by atoms with Gasteiger partial charge in [0, 0.05) is 12.1 Å². The molecule has 1 aliphatic rings. The van der Waals surface area contributed by atoms with Gasteiger partial charge in [-0.25, -0.2) is 0 Å². The average Bonchev–Trinajstić information content (AvgIpc) is 3.03. The summed E-state index contributed by atoms with van der Waals surface area (Å²) in [7, 11) is 0. The minimum absolute atomic E-state index is 0.141. The molecule has 0 aromatic heterocycles. The van der Waals surface area contributed by atoms with Crippen LogP contribution in [0, 0.1) is 40.5 Å². The quantitative estimate of drug-likeness (QED) is 0.363. The van der Waals surface area contributed by atoms with E-state index >= 15 is 0 Å². The summed E-state index contributed by atoms with van der Waals surface area (Å²) in [4.78, 5) is 58.1. The zero-order valence-corrected chi connectivity index (χ0v) is 15.4. The van der Waals surface area contributed by atoms with E-state index in [-0.39, 0.29) is 22.3 Å². The van der Waals surface area contributed by atoms with Crippen molar-refractivity contribution in [2.24, 2.45) is 0 Å². The van der Waals surface area contributed by atoms with Crippen LogP contribution >= 0.6 is 0 Å². The third-order valence-corrected chi connectivity index (χ3v) is 4.52. The van der Waals surface area contributed by atoms with E-state index in [0.29, 0.717) is 18.4 Å². The number of benzene rings is 2. The molecule has 0 aliphatic heterocycles. The molecule has 0 saturated carbocycles. The van der Waals surface area contributed by atoms with Gasteiger partial charge in [-0.05, 0) is 18.1 Å². The molecule has 160 valence electrons. The van der Waals surface area contributed by atoms with Gasteiger partial charge in [0.05, 0.1) is 49.0 Å². The largest absolute Gasteiger partial charge is 0.300 e. The van der Waals surface area contributed by atoms with Crippen LogP contribution in [0.15, 0.2) is 24.3 Å². The molecule has 1 N–H and O–H groups in total. The molecule has 31 heavy (non-hydrogen) atoms. The molecule has 15 heteroatoms. The number of carbonyl (C=O) groups excluding carboxylic acids is 1. The Labute approximate surface area is 170 Å². The van der Waals surface area contributed by atoms with Gasteiger partial charge in [0.1, 0.15) is 6.10 Å². The van der Waals surface area contributed by atoms with Crippen molar-refractivity contribution in [1.29, 1.82) is 0 Å². The highest BCUT2D eigenvalue weighted by molar-refractivity contribution is 5.92. The topological polar surface area (TPSA) is 211 Å². The number of nitro groups is 4. The Kier molecular flexibility index (Phi) is 5.37. The first-order valence-electron chi connectivity index (χ1n) is 8.37. The molecule has 0 amide bonds. The fourth-order valence-electron chi connectivity index (χ4n) is 3.26. The molecule has 2 aromatic rings. The van der Waals surface area contributed by atoms with Gasteiger partial charge in [-0.2, -0.15) is 5.48 Å². The van der Waals surface area contributed by atoms with Gasteiger partial charge >= 0.3 is 0 Å². The predicted molar refractivity (Wildman–Crippen MR) is 100 cm³/mol. The first kappa shape index (κ1) is 21.3. The van der Waals surface area contributed by atoms with Gasteiger partial charge in [0.25, 0.3) is 22.7 Å². The Morgan fingerprint density at radius 2 is 1.26 bits per heavy atom. The lowest BCUT2D eigenvalue weighted by Crippen LogP contribution is -2.27. The van der Waals surface area contributed by atoms with Crippen LogP contribution in [-0.2, 0) is 9.63 Å². The van der Waals surface area contributed by atoms with Crippen LogP contribution in [0.3, 0.4) is 0 Å². The number of hydroxylamine groups is 1. The Bertz CT molecular complexity index is 1080. The van der Waals surface area contributed by atoms with Crippen LogP contribution in [-0.4, -0.2) is 32.1 Å². The number of non-ortho nitro benzene ring substituents is 2. The van der Waals surface area contributed by atoms with Crippen LogP contribution < -0.4 is 5.48 Å². The Balaban J connectivity index is 2.40. The molecule has 0 saturated heterocycles. The number of hydrogen-bond acceptors (Lipinski definition) is 11. The molecule has 0 spiro atoms. The van der Waals surface area contributed by atoms with Crippen molar-refractivity contribution in [3.8, 4) is 11.1 Å². The molecular weight excluding hydrogens is 422 g/mol. The lowest BCUT2D eigenvalue weighted by Gasteiger charge is -2.16. The van der Waals surface area contributed by atoms with Crippen molar-refractivity contribution in [2.75, 3.05) is 0 Å². The minimum Gasteiger partial charge on any atom is -0.300 e. The van der Waals surface area contributed by atoms with Crippen molar-refractivity contribution in [3.05, 3.63) is 75.8 Å². The summed E-state index contributed by atoms with van der Waals surface area (Å²) >= 11 is 0. The molecule has 0 bridgehead atoms. The number of nitrogens with zero attached hydrogens (tertiary/aromatic N) is 4. The van der Waals surface area contributed by atoms with E-state index in [1.165, 1.54) is 6.92 Å². The number of nitrogens with one attached hydrogen (secondary N) is 1. The SMILES string of the molecule is CC(C=O)ONC1c2cc([N+](=O)[O-])cc([N+](=O)[O-])c2-c2c1cc([N+](=O)[O-])cc2[N+](=O)[O-]. The number of hydrogen-bond donors (Lipinski definition) is 1. The summed E-state index contributed by atoms with van der Waals surface area (Å²) < 4.78 is 0. The zero-order valence-electron chi connectivity index (χ0n) is 15.4. The second-order valence-electron chi connectivity index (χ2n) is 6.40. The monoisotopic (exact) mass is 433 g/mol. The Hall–Kier alpha value is -4.37. The van der Waals surface area contributed by atoms with Gasteiger partial charge in [0.2, 0.25) is 0 Å². The van der Waals surface area contributed by atoms with Crippen LogP contribution in [0.5, 0.6) is 0 Å². The van der Waals surface area contributed by atoms with Crippen LogP contribution in [0.4, 0.5) is 22.7 Å². The van der Waals surface area contributed by atoms with Crippen molar-refractivity contribution in [2.45, 2.75) is 19.1 Å².